The van der Waals surface area contributed by atoms with Gasteiger partial charge in [0.2, 0.25) is 5.91 Å². The zero-order valence-electron chi connectivity index (χ0n) is 17.4. The fourth-order valence-corrected chi connectivity index (χ4v) is 2.80. The molecule has 0 heterocycles. The molecule has 0 radical (unpaired) electrons. The number of nitrogens with one attached hydrogen (secondary N) is 1. The van der Waals surface area contributed by atoms with Gasteiger partial charge < -0.3 is 15.0 Å². The summed E-state index contributed by atoms with van der Waals surface area (Å²) in [5.41, 5.74) is 1.25. The van der Waals surface area contributed by atoms with Crippen molar-refractivity contribution in [2.45, 2.75) is 52.7 Å². The summed E-state index contributed by atoms with van der Waals surface area (Å²) in [5.74, 6) is -0.480. The Hall–Kier alpha value is -2.89. The third kappa shape index (κ3) is 6.31. The van der Waals surface area contributed by atoms with Crippen LogP contribution in [-0.4, -0.2) is 35.4 Å². The third-order valence-electron chi connectivity index (χ3n) is 4.91. The van der Waals surface area contributed by atoms with Crippen LogP contribution in [0.4, 0.5) is 4.39 Å². The number of ether oxygens (including phenoxy) is 1. The summed E-state index contributed by atoms with van der Waals surface area (Å²) in [5, 5.41) is 2.88. The maximum absolute atomic E-state index is 14.2. The van der Waals surface area contributed by atoms with Gasteiger partial charge in [0.25, 0.3) is 5.91 Å². The highest BCUT2D eigenvalue weighted by atomic mass is 19.1. The van der Waals surface area contributed by atoms with E-state index in [4.69, 9.17) is 4.74 Å². The smallest absolute Gasteiger partial charge is 0.261 e. The number of hydrogen-bond donors (Lipinski definition) is 1. The van der Waals surface area contributed by atoms with Gasteiger partial charge >= 0.3 is 0 Å². The molecule has 2 atom stereocenters. The monoisotopic (exact) mass is 400 g/mol. The van der Waals surface area contributed by atoms with Crippen molar-refractivity contribution in [2.24, 2.45) is 0 Å². The van der Waals surface area contributed by atoms with E-state index in [1.165, 1.54) is 11.0 Å². The van der Waals surface area contributed by atoms with E-state index in [-0.39, 0.29) is 31.0 Å². The zero-order chi connectivity index (χ0) is 21.4. The summed E-state index contributed by atoms with van der Waals surface area (Å²) in [7, 11) is 0. The fraction of sp³-hybridized carbons (Fsp3) is 0.391. The number of para-hydroxylation sites is 1. The van der Waals surface area contributed by atoms with Crippen molar-refractivity contribution in [2.75, 3.05) is 6.61 Å². The molecule has 1 N–H and O–H groups in total. The quantitative estimate of drug-likeness (QED) is 0.696. The maximum Gasteiger partial charge on any atom is 0.261 e. The number of halogens is 1. The van der Waals surface area contributed by atoms with Gasteiger partial charge in [0, 0.05) is 18.2 Å². The number of hydrogen-bond acceptors (Lipinski definition) is 3. The summed E-state index contributed by atoms with van der Waals surface area (Å²) in [4.78, 5) is 26.9. The molecule has 2 aromatic carbocycles. The number of aryl methyl sites for hydroxylation is 1. The lowest BCUT2D eigenvalue weighted by atomic mass is 10.1. The minimum atomic E-state index is -0.767. The van der Waals surface area contributed by atoms with Gasteiger partial charge in [-0.25, -0.2) is 4.39 Å². The molecule has 0 unspecified atom stereocenters. The second-order valence-electron chi connectivity index (χ2n) is 7.16. The van der Waals surface area contributed by atoms with Gasteiger partial charge in [-0.1, -0.05) is 43.3 Å². The Kier molecular flexibility index (Phi) is 8.19. The molecule has 6 heteroatoms. The normalized spacial score (nSPS) is 12.7. The third-order valence-corrected chi connectivity index (χ3v) is 4.91. The minimum absolute atomic E-state index is 0.0152. The second kappa shape index (κ2) is 10.6. The first kappa shape index (κ1) is 22.4. The Balaban J connectivity index is 2.18. The molecule has 0 saturated heterocycles. The van der Waals surface area contributed by atoms with Gasteiger partial charge in [0.1, 0.15) is 17.6 Å². The maximum atomic E-state index is 14.2. The summed E-state index contributed by atoms with van der Waals surface area (Å²) in [6.45, 7) is 7.14. The molecule has 0 fully saturated rings. The summed E-state index contributed by atoms with van der Waals surface area (Å²) in [6.07, 6.45) is 0.774. The van der Waals surface area contributed by atoms with E-state index in [0.29, 0.717) is 11.3 Å². The zero-order valence-corrected chi connectivity index (χ0v) is 17.4. The van der Waals surface area contributed by atoms with Crippen molar-refractivity contribution >= 4 is 11.8 Å². The topological polar surface area (TPSA) is 58.6 Å². The lowest BCUT2D eigenvalue weighted by molar-refractivity contribution is -0.142. The SMILES string of the molecule is CC[C@@H](C)NC(=O)[C@@H](C)N(Cc1ccccc1F)C(=O)COc1ccccc1C. The molecule has 0 aliphatic carbocycles. The number of nitrogens with zero attached hydrogens (tertiary/aromatic N) is 1. The molecular weight excluding hydrogens is 371 g/mol. The van der Waals surface area contributed by atoms with Gasteiger partial charge in [-0.05, 0) is 44.9 Å². The first-order valence-electron chi connectivity index (χ1n) is 9.85. The van der Waals surface area contributed by atoms with Crippen molar-refractivity contribution in [3.63, 3.8) is 0 Å². The van der Waals surface area contributed by atoms with Crippen LogP contribution in [0.15, 0.2) is 48.5 Å². The van der Waals surface area contributed by atoms with E-state index in [0.717, 1.165) is 12.0 Å². The lowest BCUT2D eigenvalue weighted by Crippen LogP contribution is -2.50. The molecule has 0 aliphatic heterocycles. The van der Waals surface area contributed by atoms with Gasteiger partial charge in [0.15, 0.2) is 6.61 Å². The number of benzene rings is 2. The number of amides is 2. The van der Waals surface area contributed by atoms with E-state index in [2.05, 4.69) is 5.32 Å². The average Bonchev–Trinajstić information content (AvgIpc) is 2.71. The molecule has 5 nitrogen and oxygen atoms in total. The molecule has 0 saturated carbocycles. The van der Waals surface area contributed by atoms with Crippen LogP contribution in [0.1, 0.15) is 38.3 Å². The Bertz CT molecular complexity index is 840. The van der Waals surface area contributed by atoms with E-state index >= 15 is 0 Å². The number of carbonyl (C=O) groups excluding carboxylic acids is 2. The second-order valence-corrected chi connectivity index (χ2v) is 7.16. The molecule has 2 aromatic rings. The Labute approximate surface area is 171 Å². The molecule has 0 spiro atoms. The summed E-state index contributed by atoms with van der Waals surface area (Å²) >= 11 is 0. The van der Waals surface area contributed by atoms with E-state index in [1.807, 2.05) is 39.0 Å². The van der Waals surface area contributed by atoms with E-state index in [9.17, 15) is 14.0 Å². The average molecular weight is 400 g/mol. The van der Waals surface area contributed by atoms with Gasteiger partial charge in [-0.15, -0.1) is 0 Å². The van der Waals surface area contributed by atoms with Crippen LogP contribution < -0.4 is 10.1 Å². The predicted molar refractivity (Wildman–Crippen MR) is 111 cm³/mol. The molecule has 2 rings (SSSR count). The standard InChI is InChI=1S/C23H29FN2O3/c1-5-17(3)25-23(28)18(4)26(14-19-11-7-8-12-20(19)24)22(27)15-29-21-13-9-6-10-16(21)2/h6-13,17-18H,5,14-15H2,1-4H3,(H,25,28)/t17-,18-/m1/s1. The molecule has 0 aliphatic rings. The van der Waals surface area contributed by atoms with Crippen molar-refractivity contribution < 1.29 is 18.7 Å². The highest BCUT2D eigenvalue weighted by Gasteiger charge is 2.27. The van der Waals surface area contributed by atoms with Crippen molar-refractivity contribution in [1.82, 2.24) is 10.2 Å². The van der Waals surface area contributed by atoms with Crippen LogP contribution in [0.3, 0.4) is 0 Å². The molecule has 2 amide bonds. The molecular formula is C23H29FN2O3. The van der Waals surface area contributed by atoms with E-state index < -0.39 is 11.9 Å². The summed E-state index contributed by atoms with van der Waals surface area (Å²) in [6, 6.07) is 12.8. The largest absolute Gasteiger partial charge is 0.484 e. The lowest BCUT2D eigenvalue weighted by Gasteiger charge is -2.29. The Morgan fingerprint density at radius 3 is 2.41 bits per heavy atom. The highest BCUT2D eigenvalue weighted by Crippen LogP contribution is 2.18. The van der Waals surface area contributed by atoms with Crippen molar-refractivity contribution in [3.05, 3.63) is 65.5 Å². The van der Waals surface area contributed by atoms with E-state index in [1.54, 1.807) is 31.2 Å². The molecule has 0 aromatic heterocycles. The van der Waals surface area contributed by atoms with Crippen LogP contribution in [0.2, 0.25) is 0 Å². The number of rotatable bonds is 9. The first-order valence-corrected chi connectivity index (χ1v) is 9.85. The number of carbonyl (C=O) groups is 2. The van der Waals surface area contributed by atoms with Crippen LogP contribution in [0.5, 0.6) is 5.75 Å². The molecule has 29 heavy (non-hydrogen) atoms. The van der Waals surface area contributed by atoms with Crippen LogP contribution in [-0.2, 0) is 16.1 Å². The fourth-order valence-electron chi connectivity index (χ4n) is 2.80. The van der Waals surface area contributed by atoms with Crippen molar-refractivity contribution in [3.8, 4) is 5.75 Å². The van der Waals surface area contributed by atoms with Crippen LogP contribution >= 0.6 is 0 Å². The van der Waals surface area contributed by atoms with Crippen molar-refractivity contribution in [1.29, 1.82) is 0 Å². The first-order chi connectivity index (χ1) is 13.8. The minimum Gasteiger partial charge on any atom is -0.484 e. The van der Waals surface area contributed by atoms with Gasteiger partial charge in [0.05, 0.1) is 0 Å². The van der Waals surface area contributed by atoms with Gasteiger partial charge in [-0.2, -0.15) is 0 Å². The van der Waals surface area contributed by atoms with Crippen LogP contribution in [0, 0.1) is 12.7 Å². The molecule has 0 bridgehead atoms. The Morgan fingerprint density at radius 1 is 1.10 bits per heavy atom. The Morgan fingerprint density at radius 2 is 1.76 bits per heavy atom. The summed E-state index contributed by atoms with van der Waals surface area (Å²) < 4.78 is 19.8. The van der Waals surface area contributed by atoms with Gasteiger partial charge in [-0.3, -0.25) is 9.59 Å². The van der Waals surface area contributed by atoms with Crippen LogP contribution in [0.25, 0.3) is 0 Å². The molecule has 156 valence electrons. The predicted octanol–water partition coefficient (Wildman–Crippen LogP) is 3.84. The highest BCUT2D eigenvalue weighted by molar-refractivity contribution is 5.88.